The van der Waals surface area contributed by atoms with Gasteiger partial charge in [0.05, 0.1) is 12.4 Å². The molecule has 2 nitrogen and oxygen atoms in total. The molecule has 0 radical (unpaired) electrons. The van der Waals surface area contributed by atoms with Gasteiger partial charge in [0.15, 0.2) is 0 Å². The van der Waals surface area contributed by atoms with Gasteiger partial charge in [0.1, 0.15) is 5.76 Å². The maximum atomic E-state index is 9.94. The van der Waals surface area contributed by atoms with E-state index in [1.165, 1.54) is 38.5 Å². The second-order valence-electron chi connectivity index (χ2n) is 5.35. The second-order valence-corrected chi connectivity index (χ2v) is 5.35. The van der Waals surface area contributed by atoms with E-state index in [4.69, 9.17) is 4.42 Å². The summed E-state index contributed by atoms with van der Waals surface area (Å²) in [4.78, 5) is 0. The van der Waals surface area contributed by atoms with Crippen LogP contribution >= 0.6 is 0 Å². The summed E-state index contributed by atoms with van der Waals surface area (Å²) in [5, 5.41) is 9.94. The quantitative estimate of drug-likeness (QED) is 0.811. The third-order valence-corrected chi connectivity index (χ3v) is 3.94. The van der Waals surface area contributed by atoms with Crippen molar-refractivity contribution in [1.29, 1.82) is 0 Å². The molecule has 17 heavy (non-hydrogen) atoms. The van der Waals surface area contributed by atoms with E-state index < -0.39 is 0 Å². The van der Waals surface area contributed by atoms with Gasteiger partial charge in [-0.15, -0.1) is 0 Å². The van der Waals surface area contributed by atoms with Crippen molar-refractivity contribution < 1.29 is 9.52 Å². The minimum atomic E-state index is -0.151. The number of hydrogen-bond donors (Lipinski definition) is 1. The van der Waals surface area contributed by atoms with Crippen LogP contribution in [0.5, 0.6) is 0 Å². The number of hydrogen-bond acceptors (Lipinski definition) is 2. The van der Waals surface area contributed by atoms with Gasteiger partial charge in [0.25, 0.3) is 0 Å². The van der Waals surface area contributed by atoms with Crippen LogP contribution in [0.4, 0.5) is 0 Å². The molecular weight excluding hydrogens is 212 g/mol. The zero-order valence-corrected chi connectivity index (χ0v) is 10.6. The molecule has 1 heterocycles. The number of aliphatic hydroxyl groups is 1. The van der Waals surface area contributed by atoms with E-state index in [-0.39, 0.29) is 6.10 Å². The van der Waals surface area contributed by atoms with Crippen LogP contribution in [0, 0.1) is 5.92 Å². The molecule has 0 aliphatic heterocycles. The van der Waals surface area contributed by atoms with Gasteiger partial charge in [-0.25, -0.2) is 0 Å². The van der Waals surface area contributed by atoms with Gasteiger partial charge in [-0.3, -0.25) is 0 Å². The van der Waals surface area contributed by atoms with Crippen molar-refractivity contribution in [2.45, 2.75) is 63.9 Å². The maximum Gasteiger partial charge on any atom is 0.103 e. The molecule has 1 fully saturated rings. The highest BCUT2D eigenvalue weighted by Crippen LogP contribution is 2.28. The first-order valence-electron chi connectivity index (χ1n) is 7.05. The zero-order valence-electron chi connectivity index (χ0n) is 10.6. The summed E-state index contributed by atoms with van der Waals surface area (Å²) in [5.41, 5.74) is 0. The largest absolute Gasteiger partial charge is 0.469 e. The van der Waals surface area contributed by atoms with Gasteiger partial charge in [-0.05, 0) is 37.3 Å². The number of aryl methyl sites for hydroxylation is 1. The molecule has 0 aromatic carbocycles. The van der Waals surface area contributed by atoms with Crippen molar-refractivity contribution in [1.82, 2.24) is 0 Å². The van der Waals surface area contributed by atoms with Crippen LogP contribution in [0.25, 0.3) is 0 Å². The molecule has 1 N–H and O–H groups in total. The van der Waals surface area contributed by atoms with Crippen LogP contribution < -0.4 is 0 Å². The summed E-state index contributed by atoms with van der Waals surface area (Å²) in [6.45, 7) is 0. The predicted molar refractivity (Wildman–Crippen MR) is 68.8 cm³/mol. The van der Waals surface area contributed by atoms with Crippen molar-refractivity contribution >= 4 is 0 Å². The van der Waals surface area contributed by atoms with E-state index >= 15 is 0 Å². The lowest BCUT2D eigenvalue weighted by molar-refractivity contribution is 0.139. The fourth-order valence-corrected chi connectivity index (χ4v) is 2.81. The Labute approximate surface area is 104 Å². The highest BCUT2D eigenvalue weighted by atomic mass is 16.3. The summed E-state index contributed by atoms with van der Waals surface area (Å²) >= 11 is 0. The topological polar surface area (TPSA) is 33.4 Å². The smallest absolute Gasteiger partial charge is 0.103 e. The summed E-state index contributed by atoms with van der Waals surface area (Å²) in [6.07, 6.45) is 12.4. The lowest BCUT2D eigenvalue weighted by atomic mass is 9.85. The molecule has 1 aliphatic rings. The van der Waals surface area contributed by atoms with Crippen molar-refractivity contribution in [3.63, 3.8) is 0 Å². The van der Waals surface area contributed by atoms with Gasteiger partial charge >= 0.3 is 0 Å². The Morgan fingerprint density at radius 1 is 1.24 bits per heavy atom. The lowest BCUT2D eigenvalue weighted by Gasteiger charge is -2.22. The lowest BCUT2D eigenvalue weighted by Crippen LogP contribution is -2.13. The minimum Gasteiger partial charge on any atom is -0.469 e. The number of aliphatic hydroxyl groups excluding tert-OH is 1. The number of furan rings is 1. The van der Waals surface area contributed by atoms with Crippen molar-refractivity contribution in [2.75, 3.05) is 0 Å². The first-order valence-corrected chi connectivity index (χ1v) is 7.05. The molecule has 96 valence electrons. The molecule has 1 unspecified atom stereocenters. The summed E-state index contributed by atoms with van der Waals surface area (Å²) < 4.78 is 5.27. The van der Waals surface area contributed by atoms with Gasteiger partial charge in [0, 0.05) is 6.42 Å². The number of rotatable bonds is 6. The Kier molecular flexibility index (Phi) is 5.11. The standard InChI is InChI=1S/C15H24O2/c16-14(10-11-15-7-4-12-17-15)9-8-13-5-2-1-3-6-13/h4,7,12-14,16H,1-3,5-6,8-11H2. The Morgan fingerprint density at radius 3 is 2.76 bits per heavy atom. The van der Waals surface area contributed by atoms with Crippen LogP contribution in [0.15, 0.2) is 22.8 Å². The molecule has 1 aromatic rings. The Bertz CT molecular complexity index is 286. The predicted octanol–water partition coefficient (Wildman–Crippen LogP) is 3.93. The maximum absolute atomic E-state index is 9.94. The highest BCUT2D eigenvalue weighted by molar-refractivity contribution is 4.98. The fourth-order valence-electron chi connectivity index (χ4n) is 2.81. The Balaban J connectivity index is 1.58. The third kappa shape index (κ3) is 4.55. The average Bonchev–Trinajstić information content (AvgIpc) is 2.88. The molecule has 0 spiro atoms. The summed E-state index contributed by atoms with van der Waals surface area (Å²) in [5.74, 6) is 1.86. The van der Waals surface area contributed by atoms with E-state index in [0.717, 1.165) is 30.9 Å². The van der Waals surface area contributed by atoms with Crippen LogP contribution in [0.1, 0.15) is 57.1 Å². The van der Waals surface area contributed by atoms with E-state index in [0.29, 0.717) is 0 Å². The third-order valence-electron chi connectivity index (χ3n) is 3.94. The van der Waals surface area contributed by atoms with Gasteiger partial charge in [0.2, 0.25) is 0 Å². The second kappa shape index (κ2) is 6.85. The SMILES string of the molecule is OC(CCc1ccco1)CCC1CCCCC1. The Hall–Kier alpha value is -0.760. The first kappa shape index (κ1) is 12.7. The van der Waals surface area contributed by atoms with Gasteiger partial charge < -0.3 is 9.52 Å². The van der Waals surface area contributed by atoms with Crippen LogP contribution in [-0.4, -0.2) is 11.2 Å². The summed E-state index contributed by atoms with van der Waals surface area (Å²) in [7, 11) is 0. The molecule has 1 atom stereocenters. The molecule has 0 bridgehead atoms. The first-order chi connectivity index (χ1) is 8.34. The van der Waals surface area contributed by atoms with Gasteiger partial charge in [-0.1, -0.05) is 32.1 Å². The van der Waals surface area contributed by atoms with E-state index in [1.54, 1.807) is 6.26 Å². The monoisotopic (exact) mass is 236 g/mol. The Morgan fingerprint density at radius 2 is 2.06 bits per heavy atom. The van der Waals surface area contributed by atoms with Crippen molar-refractivity contribution in [2.24, 2.45) is 5.92 Å². The molecule has 0 amide bonds. The van der Waals surface area contributed by atoms with E-state index in [9.17, 15) is 5.11 Å². The summed E-state index contributed by atoms with van der Waals surface area (Å²) in [6, 6.07) is 3.89. The van der Waals surface area contributed by atoms with Gasteiger partial charge in [-0.2, -0.15) is 0 Å². The highest BCUT2D eigenvalue weighted by Gasteiger charge is 2.15. The molecule has 1 saturated carbocycles. The van der Waals surface area contributed by atoms with Crippen molar-refractivity contribution in [3.05, 3.63) is 24.2 Å². The van der Waals surface area contributed by atoms with E-state index in [2.05, 4.69) is 0 Å². The average molecular weight is 236 g/mol. The molecule has 2 rings (SSSR count). The fraction of sp³-hybridized carbons (Fsp3) is 0.733. The molecule has 2 heteroatoms. The zero-order chi connectivity index (χ0) is 11.9. The normalized spacial score (nSPS) is 19.4. The van der Waals surface area contributed by atoms with Crippen LogP contribution in [0.2, 0.25) is 0 Å². The van der Waals surface area contributed by atoms with Crippen molar-refractivity contribution in [3.8, 4) is 0 Å². The molecular formula is C15H24O2. The minimum absolute atomic E-state index is 0.151. The van der Waals surface area contributed by atoms with Crippen LogP contribution in [-0.2, 0) is 6.42 Å². The molecule has 0 saturated heterocycles. The molecule has 1 aromatic heterocycles. The molecule has 1 aliphatic carbocycles. The van der Waals surface area contributed by atoms with Crippen LogP contribution in [0.3, 0.4) is 0 Å². The van der Waals surface area contributed by atoms with E-state index in [1.807, 2.05) is 12.1 Å².